The number of hydrogen-bond donors (Lipinski definition) is 1. The standard InChI is InChI=1S/C19H18N4/c1-13(20)11-23-12-18(21-22-23)19-16-8-4-2-6-14(16)10-15-7-3-5-9-17(15)19/h2-10,12-13H,11,20H2,1H3/p+1. The topological polar surface area (TPSA) is 58.4 Å². The first-order valence-corrected chi connectivity index (χ1v) is 7.86. The monoisotopic (exact) mass is 303 g/mol. The summed E-state index contributed by atoms with van der Waals surface area (Å²) in [4.78, 5) is 0. The van der Waals surface area contributed by atoms with Gasteiger partial charge in [0, 0.05) is 5.56 Å². The first-order chi connectivity index (χ1) is 11.2. The van der Waals surface area contributed by atoms with Crippen molar-refractivity contribution < 1.29 is 5.73 Å². The number of hydrogen-bond acceptors (Lipinski definition) is 2. The van der Waals surface area contributed by atoms with Gasteiger partial charge in [0.15, 0.2) is 0 Å². The molecular weight excluding hydrogens is 284 g/mol. The molecule has 0 saturated carbocycles. The summed E-state index contributed by atoms with van der Waals surface area (Å²) >= 11 is 0. The lowest BCUT2D eigenvalue weighted by molar-refractivity contribution is -0.417. The quantitative estimate of drug-likeness (QED) is 0.592. The number of nitrogens with zero attached hydrogens (tertiary/aromatic N) is 3. The molecule has 3 aromatic carbocycles. The molecule has 0 fully saturated rings. The van der Waals surface area contributed by atoms with Crippen LogP contribution in [-0.2, 0) is 6.54 Å². The lowest BCUT2D eigenvalue weighted by Crippen LogP contribution is -2.60. The summed E-state index contributed by atoms with van der Waals surface area (Å²) in [5, 5.41) is 13.6. The van der Waals surface area contributed by atoms with Gasteiger partial charge in [0.05, 0.1) is 12.7 Å². The highest BCUT2D eigenvalue weighted by Gasteiger charge is 2.13. The number of fused-ring (bicyclic) bond motifs is 2. The normalized spacial score (nSPS) is 12.8. The van der Waals surface area contributed by atoms with Crippen LogP contribution in [0.15, 0.2) is 60.8 Å². The second-order valence-electron chi connectivity index (χ2n) is 6.12. The summed E-state index contributed by atoms with van der Waals surface area (Å²) < 4.78 is 1.88. The first kappa shape index (κ1) is 13.9. The largest absolute Gasteiger partial charge is 0.354 e. The van der Waals surface area contributed by atoms with Crippen molar-refractivity contribution in [3.63, 3.8) is 0 Å². The van der Waals surface area contributed by atoms with Crippen molar-refractivity contribution in [2.45, 2.75) is 19.5 Å². The molecule has 1 heterocycles. The van der Waals surface area contributed by atoms with Crippen molar-refractivity contribution in [2.75, 3.05) is 0 Å². The molecule has 1 unspecified atom stereocenters. The molecule has 0 bridgehead atoms. The van der Waals surface area contributed by atoms with Crippen LogP contribution in [0.3, 0.4) is 0 Å². The van der Waals surface area contributed by atoms with Gasteiger partial charge in [0.2, 0.25) is 0 Å². The van der Waals surface area contributed by atoms with Gasteiger partial charge in [-0.1, -0.05) is 53.7 Å². The van der Waals surface area contributed by atoms with Crippen LogP contribution in [0.2, 0.25) is 0 Å². The van der Waals surface area contributed by atoms with Gasteiger partial charge in [0.25, 0.3) is 0 Å². The molecule has 4 heteroatoms. The molecule has 23 heavy (non-hydrogen) atoms. The van der Waals surface area contributed by atoms with E-state index in [1.165, 1.54) is 21.5 Å². The SMILES string of the molecule is CC([NH3+])Cn1cc(-c2c3ccccc3cc3ccccc23)nn1. The van der Waals surface area contributed by atoms with Crippen molar-refractivity contribution in [1.82, 2.24) is 15.0 Å². The third kappa shape index (κ3) is 2.47. The zero-order valence-electron chi connectivity index (χ0n) is 13.1. The van der Waals surface area contributed by atoms with E-state index in [9.17, 15) is 0 Å². The van der Waals surface area contributed by atoms with E-state index in [2.05, 4.69) is 77.6 Å². The van der Waals surface area contributed by atoms with Crippen molar-refractivity contribution in [1.29, 1.82) is 0 Å². The number of rotatable bonds is 3. The number of benzene rings is 3. The van der Waals surface area contributed by atoms with Gasteiger partial charge >= 0.3 is 0 Å². The Labute approximate surface area is 134 Å². The molecule has 0 amide bonds. The minimum Gasteiger partial charge on any atom is -0.354 e. The molecule has 4 rings (SSSR count). The lowest BCUT2D eigenvalue weighted by Gasteiger charge is -2.09. The van der Waals surface area contributed by atoms with Gasteiger partial charge in [-0.25, -0.2) is 4.68 Å². The molecular formula is C19H19N4+. The molecule has 0 aliphatic carbocycles. The second kappa shape index (κ2) is 5.48. The maximum atomic E-state index is 4.42. The predicted molar refractivity (Wildman–Crippen MR) is 92.8 cm³/mol. The van der Waals surface area contributed by atoms with Crippen LogP contribution < -0.4 is 5.73 Å². The fraction of sp³-hybridized carbons (Fsp3) is 0.158. The smallest absolute Gasteiger partial charge is 0.114 e. The van der Waals surface area contributed by atoms with Crippen molar-refractivity contribution in [3.8, 4) is 11.3 Å². The van der Waals surface area contributed by atoms with E-state index in [0.29, 0.717) is 6.04 Å². The third-order valence-corrected chi connectivity index (χ3v) is 4.06. The van der Waals surface area contributed by atoms with E-state index in [1.54, 1.807) is 0 Å². The van der Waals surface area contributed by atoms with Crippen LogP contribution in [0, 0.1) is 0 Å². The van der Waals surface area contributed by atoms with E-state index < -0.39 is 0 Å². The Morgan fingerprint density at radius 3 is 2.22 bits per heavy atom. The van der Waals surface area contributed by atoms with Crippen LogP contribution in [0.4, 0.5) is 0 Å². The third-order valence-electron chi connectivity index (χ3n) is 4.06. The minimum absolute atomic E-state index is 0.300. The van der Waals surface area contributed by atoms with E-state index in [4.69, 9.17) is 0 Å². The van der Waals surface area contributed by atoms with Gasteiger partial charge in [-0.3, -0.25) is 0 Å². The molecule has 0 spiro atoms. The average Bonchev–Trinajstić information content (AvgIpc) is 2.99. The summed E-state index contributed by atoms with van der Waals surface area (Å²) in [6.45, 7) is 2.85. The fourth-order valence-electron chi connectivity index (χ4n) is 3.11. The second-order valence-corrected chi connectivity index (χ2v) is 6.12. The maximum absolute atomic E-state index is 4.42. The van der Waals surface area contributed by atoms with Gasteiger partial charge in [-0.2, -0.15) is 0 Å². The zero-order valence-corrected chi connectivity index (χ0v) is 13.1. The first-order valence-electron chi connectivity index (χ1n) is 7.86. The van der Waals surface area contributed by atoms with E-state index in [1.807, 2.05) is 10.9 Å². The van der Waals surface area contributed by atoms with Crippen LogP contribution >= 0.6 is 0 Å². The molecule has 0 aliphatic rings. The van der Waals surface area contributed by atoms with E-state index >= 15 is 0 Å². The van der Waals surface area contributed by atoms with Crippen molar-refractivity contribution in [3.05, 3.63) is 60.8 Å². The summed E-state index contributed by atoms with van der Waals surface area (Å²) in [5.74, 6) is 0. The molecule has 0 aliphatic heterocycles. The minimum atomic E-state index is 0.300. The van der Waals surface area contributed by atoms with Gasteiger partial charge < -0.3 is 5.73 Å². The molecule has 1 atom stereocenters. The Bertz CT molecular complexity index is 931. The number of quaternary nitrogens is 1. The van der Waals surface area contributed by atoms with Gasteiger partial charge in [-0.15, -0.1) is 5.10 Å². The average molecular weight is 303 g/mol. The summed E-state index contributed by atoms with van der Waals surface area (Å²) in [5.41, 5.74) is 6.10. The molecule has 0 radical (unpaired) electrons. The molecule has 4 aromatic rings. The highest BCUT2D eigenvalue weighted by atomic mass is 15.4. The van der Waals surface area contributed by atoms with Gasteiger partial charge in [-0.05, 0) is 34.5 Å². The summed E-state index contributed by atoms with van der Waals surface area (Å²) in [7, 11) is 0. The molecule has 4 nitrogen and oxygen atoms in total. The highest BCUT2D eigenvalue weighted by molar-refractivity contribution is 6.11. The Kier molecular flexibility index (Phi) is 3.32. The van der Waals surface area contributed by atoms with Crippen LogP contribution in [0.5, 0.6) is 0 Å². The Hall–Kier alpha value is -2.72. The summed E-state index contributed by atoms with van der Waals surface area (Å²) in [6.07, 6.45) is 2.02. The van der Waals surface area contributed by atoms with Crippen LogP contribution in [0.25, 0.3) is 32.8 Å². The van der Waals surface area contributed by atoms with Crippen molar-refractivity contribution >= 4 is 21.5 Å². The fourth-order valence-corrected chi connectivity index (χ4v) is 3.11. The summed E-state index contributed by atoms with van der Waals surface area (Å²) in [6, 6.07) is 19.4. The highest BCUT2D eigenvalue weighted by Crippen LogP contribution is 2.35. The Morgan fingerprint density at radius 2 is 1.61 bits per heavy atom. The van der Waals surface area contributed by atoms with Gasteiger partial charge in [0.1, 0.15) is 11.7 Å². The molecule has 1 aromatic heterocycles. The zero-order chi connectivity index (χ0) is 15.8. The van der Waals surface area contributed by atoms with Crippen molar-refractivity contribution in [2.24, 2.45) is 0 Å². The maximum Gasteiger partial charge on any atom is 0.114 e. The molecule has 114 valence electrons. The predicted octanol–water partition coefficient (Wildman–Crippen LogP) is 2.88. The number of aromatic nitrogens is 3. The van der Waals surface area contributed by atoms with Crippen LogP contribution in [0.1, 0.15) is 6.92 Å². The molecule has 0 saturated heterocycles. The van der Waals surface area contributed by atoms with Crippen LogP contribution in [-0.4, -0.2) is 21.0 Å². The van der Waals surface area contributed by atoms with E-state index in [-0.39, 0.29) is 0 Å². The van der Waals surface area contributed by atoms with E-state index in [0.717, 1.165) is 17.8 Å². The Morgan fingerprint density at radius 1 is 1.00 bits per heavy atom. The molecule has 3 N–H and O–H groups in total. The Balaban J connectivity index is 2.01. The lowest BCUT2D eigenvalue weighted by atomic mass is 9.95.